The fraction of sp³-hybridized carbons (Fsp3) is 0.515. The summed E-state index contributed by atoms with van der Waals surface area (Å²) in [5.41, 5.74) is 5.54. The molecule has 37 heavy (non-hydrogen) atoms. The van der Waals surface area contributed by atoms with Crippen molar-refractivity contribution in [3.8, 4) is 5.75 Å². The topological polar surface area (TPSA) is 35.9 Å². The van der Waals surface area contributed by atoms with E-state index in [0.29, 0.717) is 23.6 Å². The van der Waals surface area contributed by atoms with Crippen molar-refractivity contribution in [3.63, 3.8) is 0 Å². The smallest absolute Gasteiger partial charge is 0.116 e. The third-order valence-corrected chi connectivity index (χ3v) is 8.85. The fourth-order valence-corrected chi connectivity index (χ4v) is 6.62. The van der Waals surface area contributed by atoms with Gasteiger partial charge in [0, 0.05) is 19.1 Å². The Kier molecular flexibility index (Phi) is 8.68. The Labute approximate surface area is 223 Å². The fourth-order valence-electron chi connectivity index (χ4n) is 6.62. The van der Waals surface area contributed by atoms with E-state index in [-0.39, 0.29) is 0 Å². The summed E-state index contributed by atoms with van der Waals surface area (Å²) < 4.78 is 5.68. The number of hydrogen-bond donors (Lipinski definition) is 1. The van der Waals surface area contributed by atoms with E-state index in [9.17, 15) is 5.11 Å². The first-order valence-corrected chi connectivity index (χ1v) is 14.4. The molecule has 1 N–H and O–H groups in total. The van der Waals surface area contributed by atoms with E-state index >= 15 is 0 Å². The number of phenolic OH excluding ortho intramolecular Hbond substituents is 1. The van der Waals surface area contributed by atoms with Crippen LogP contribution < -0.4 is 0 Å². The van der Waals surface area contributed by atoms with E-state index in [0.717, 1.165) is 44.5 Å². The highest BCUT2D eigenvalue weighted by atomic mass is 16.5. The molecule has 0 radical (unpaired) electrons. The summed E-state index contributed by atoms with van der Waals surface area (Å²) in [6.07, 6.45) is 15.4. The first-order valence-electron chi connectivity index (χ1n) is 14.4. The van der Waals surface area contributed by atoms with Crippen molar-refractivity contribution < 1.29 is 9.84 Å². The molecule has 0 spiro atoms. The van der Waals surface area contributed by atoms with Crippen LogP contribution in [0.2, 0.25) is 0 Å². The van der Waals surface area contributed by atoms with E-state index < -0.39 is 0 Å². The summed E-state index contributed by atoms with van der Waals surface area (Å²) >= 11 is 0. The lowest BCUT2D eigenvalue weighted by molar-refractivity contribution is 0.147. The highest BCUT2D eigenvalue weighted by molar-refractivity contribution is 5.37. The normalized spacial score (nSPS) is 24.1. The van der Waals surface area contributed by atoms with Gasteiger partial charge < -0.3 is 14.7 Å². The Morgan fingerprint density at radius 1 is 1.00 bits per heavy atom. The van der Waals surface area contributed by atoms with E-state index in [1.165, 1.54) is 61.2 Å². The second kappa shape index (κ2) is 12.3. The molecule has 3 atom stereocenters. The van der Waals surface area contributed by atoms with Crippen molar-refractivity contribution in [1.29, 1.82) is 0 Å². The molecule has 2 aromatic rings. The lowest BCUT2D eigenvalue weighted by Crippen LogP contribution is -2.43. The molecule has 1 fully saturated rings. The van der Waals surface area contributed by atoms with Crippen LogP contribution in [0.1, 0.15) is 54.9 Å². The highest BCUT2D eigenvalue weighted by Crippen LogP contribution is 2.38. The minimum atomic E-state index is 0.312. The summed E-state index contributed by atoms with van der Waals surface area (Å²) in [6, 6.07) is 15.6. The van der Waals surface area contributed by atoms with Gasteiger partial charge in [-0.15, -0.1) is 0 Å². The number of phenols is 1. The van der Waals surface area contributed by atoms with E-state index in [1.807, 2.05) is 12.1 Å². The number of aromatic hydroxyl groups is 1. The number of piperidine rings is 1. The largest absolute Gasteiger partial charge is 0.508 e. The molecule has 1 heterocycles. The summed E-state index contributed by atoms with van der Waals surface area (Å²) in [7, 11) is 1.77. The molecule has 0 bridgehead atoms. The van der Waals surface area contributed by atoms with Crippen molar-refractivity contribution >= 4 is 0 Å². The molecule has 198 valence electrons. The summed E-state index contributed by atoms with van der Waals surface area (Å²) in [6.45, 7) is 7.95. The van der Waals surface area contributed by atoms with E-state index in [2.05, 4.69) is 65.3 Å². The minimum Gasteiger partial charge on any atom is -0.508 e. The van der Waals surface area contributed by atoms with Crippen LogP contribution in [0.25, 0.3) is 0 Å². The predicted octanol–water partition coefficient (Wildman–Crippen LogP) is 6.13. The molecule has 3 aliphatic rings. The van der Waals surface area contributed by atoms with Crippen LogP contribution in [0.3, 0.4) is 0 Å². The Morgan fingerprint density at radius 3 is 2.54 bits per heavy atom. The Hall–Kier alpha value is -2.56. The van der Waals surface area contributed by atoms with Gasteiger partial charge >= 0.3 is 0 Å². The van der Waals surface area contributed by atoms with Crippen LogP contribution >= 0.6 is 0 Å². The Balaban J connectivity index is 1.26. The number of fused-ring (bicyclic) bond motifs is 1. The summed E-state index contributed by atoms with van der Waals surface area (Å²) in [5, 5.41) is 9.91. The number of nitrogens with zero attached hydrogens (tertiary/aromatic N) is 2. The maximum absolute atomic E-state index is 9.91. The lowest BCUT2D eigenvalue weighted by atomic mass is 9.72. The van der Waals surface area contributed by atoms with Crippen LogP contribution in [0, 0.1) is 11.8 Å². The Bertz CT molecular complexity index is 1080. The first-order chi connectivity index (χ1) is 18.1. The van der Waals surface area contributed by atoms with Gasteiger partial charge in [-0.2, -0.15) is 0 Å². The number of hydrogen-bond acceptors (Lipinski definition) is 4. The molecule has 0 saturated carbocycles. The number of aryl methyl sites for hydroxylation is 1. The van der Waals surface area contributed by atoms with Gasteiger partial charge in [0.2, 0.25) is 0 Å². The molecule has 5 rings (SSSR count). The van der Waals surface area contributed by atoms with Gasteiger partial charge in [-0.1, -0.05) is 49.8 Å². The lowest BCUT2D eigenvalue weighted by Gasteiger charge is -2.41. The standard InChI is InChI=1S/C33H44N2O2/c1-3-35(24-26-9-7-25(8-10-26)17-20-34-18-5-4-6-19-34)33-23-31(37-2)15-16-32(33)29-12-11-28-22-30(36)14-13-27(28)21-29/h7-10,13-16,22-23,29,32-33,36H,3-6,11-12,17-21,24H2,1-2H3/t29-,32?,33?/m1/s1. The van der Waals surface area contributed by atoms with Crippen molar-refractivity contribution in [3.05, 3.63) is 88.7 Å². The number of benzene rings is 2. The van der Waals surface area contributed by atoms with Gasteiger partial charge in [0.25, 0.3) is 0 Å². The number of methoxy groups -OCH3 is 1. The molecular formula is C33H44N2O2. The second-order valence-electron chi connectivity index (χ2n) is 11.2. The number of ether oxygens (including phenoxy) is 1. The van der Waals surface area contributed by atoms with Crippen LogP contribution in [-0.2, 0) is 30.5 Å². The molecule has 2 aliphatic carbocycles. The van der Waals surface area contributed by atoms with Crippen molar-refractivity contribution in [2.45, 2.75) is 64.5 Å². The van der Waals surface area contributed by atoms with Gasteiger partial charge in [-0.05, 0) is 117 Å². The maximum Gasteiger partial charge on any atom is 0.116 e. The van der Waals surface area contributed by atoms with E-state index in [4.69, 9.17) is 4.74 Å². The predicted molar refractivity (Wildman–Crippen MR) is 152 cm³/mol. The van der Waals surface area contributed by atoms with Crippen LogP contribution in [0.4, 0.5) is 0 Å². The van der Waals surface area contributed by atoms with Crippen molar-refractivity contribution in [2.24, 2.45) is 11.8 Å². The number of rotatable bonds is 9. The van der Waals surface area contributed by atoms with E-state index in [1.54, 1.807) is 7.11 Å². The maximum atomic E-state index is 9.91. The van der Waals surface area contributed by atoms with Gasteiger partial charge in [-0.3, -0.25) is 4.90 Å². The molecule has 4 heteroatoms. The molecule has 2 aromatic carbocycles. The van der Waals surface area contributed by atoms with Gasteiger partial charge in [-0.25, -0.2) is 0 Å². The number of allylic oxidation sites excluding steroid dienone is 1. The third kappa shape index (κ3) is 6.48. The van der Waals surface area contributed by atoms with Crippen LogP contribution in [-0.4, -0.2) is 54.2 Å². The second-order valence-corrected chi connectivity index (χ2v) is 11.2. The summed E-state index contributed by atoms with van der Waals surface area (Å²) in [5.74, 6) is 2.38. The van der Waals surface area contributed by atoms with Crippen molar-refractivity contribution in [2.75, 3.05) is 33.3 Å². The number of likely N-dealkylation sites (N-methyl/N-ethyl adjacent to an activating group) is 1. The SMILES string of the molecule is CCN(Cc1ccc(CCN2CCCCC2)cc1)C1C=C(OC)C=CC1[C@@H]1CCc2cc(O)ccc2C1. The Morgan fingerprint density at radius 2 is 1.78 bits per heavy atom. The molecule has 1 saturated heterocycles. The molecule has 4 nitrogen and oxygen atoms in total. The van der Waals surface area contributed by atoms with Crippen LogP contribution in [0.15, 0.2) is 66.5 Å². The van der Waals surface area contributed by atoms with Gasteiger partial charge in [0.1, 0.15) is 11.5 Å². The highest BCUT2D eigenvalue weighted by Gasteiger charge is 2.34. The zero-order chi connectivity index (χ0) is 25.6. The summed E-state index contributed by atoms with van der Waals surface area (Å²) in [4.78, 5) is 5.24. The molecular weight excluding hydrogens is 456 g/mol. The zero-order valence-electron chi connectivity index (χ0n) is 22.7. The van der Waals surface area contributed by atoms with Gasteiger partial charge in [0.05, 0.1) is 7.11 Å². The molecule has 0 aromatic heterocycles. The average molecular weight is 501 g/mol. The van der Waals surface area contributed by atoms with Crippen molar-refractivity contribution in [1.82, 2.24) is 9.80 Å². The van der Waals surface area contributed by atoms with Crippen LogP contribution in [0.5, 0.6) is 5.75 Å². The molecule has 0 amide bonds. The first kappa shape index (κ1) is 26.1. The monoisotopic (exact) mass is 500 g/mol. The minimum absolute atomic E-state index is 0.312. The third-order valence-electron chi connectivity index (χ3n) is 8.85. The molecule has 1 aliphatic heterocycles. The number of likely N-dealkylation sites (tertiary alicyclic amines) is 1. The van der Waals surface area contributed by atoms with Gasteiger partial charge in [0.15, 0.2) is 0 Å². The quantitative estimate of drug-likeness (QED) is 0.449. The average Bonchev–Trinajstić information content (AvgIpc) is 2.95. The molecule has 2 unspecified atom stereocenters. The zero-order valence-corrected chi connectivity index (χ0v) is 22.7.